The number of rotatable bonds is 9. The lowest BCUT2D eigenvalue weighted by Gasteiger charge is -2.65. The molecule has 1 amide bonds. The van der Waals surface area contributed by atoms with E-state index < -0.39 is 5.60 Å². The van der Waals surface area contributed by atoms with E-state index in [1.165, 1.54) is 0 Å². The standard InChI is InChI=1S/C34H40ClN3O5/c1-32(2,3)43-28(39)21-41-16-12-10-9-11-13-23-17-22-20-38(29(40)25(22)19-37-23)30-33(4,5)31(34(30,6)7)42-24-14-15-27(36-8)26(35)18-24/h14-15,17-19,30-31H,9-10,12,16,20-21H2,1-7H3. The van der Waals surface area contributed by atoms with Crippen LogP contribution in [-0.4, -0.2) is 52.7 Å². The van der Waals surface area contributed by atoms with Gasteiger partial charge >= 0.3 is 5.97 Å². The van der Waals surface area contributed by atoms with Crippen LogP contribution >= 0.6 is 11.6 Å². The van der Waals surface area contributed by atoms with Crippen molar-refractivity contribution in [3.05, 3.63) is 63.7 Å². The van der Waals surface area contributed by atoms with E-state index in [9.17, 15) is 9.59 Å². The fraction of sp³-hybridized carbons (Fsp3) is 0.529. The van der Waals surface area contributed by atoms with Crippen LogP contribution in [0.15, 0.2) is 30.5 Å². The van der Waals surface area contributed by atoms with Crippen molar-refractivity contribution in [1.29, 1.82) is 0 Å². The fourth-order valence-corrected chi connectivity index (χ4v) is 6.82. The molecule has 4 rings (SSSR count). The molecule has 0 radical (unpaired) electrons. The Hall–Kier alpha value is -3.59. The number of fused-ring (bicyclic) bond motifs is 1. The average Bonchev–Trinajstić information content (AvgIpc) is 3.21. The van der Waals surface area contributed by atoms with Gasteiger partial charge in [0.25, 0.3) is 5.91 Å². The molecular weight excluding hydrogens is 566 g/mol. The summed E-state index contributed by atoms with van der Waals surface area (Å²) in [7, 11) is 0. The van der Waals surface area contributed by atoms with E-state index in [-0.39, 0.29) is 41.5 Å². The number of aromatic nitrogens is 1. The molecule has 9 heteroatoms. The quantitative estimate of drug-likeness (QED) is 0.132. The minimum Gasteiger partial charge on any atom is -0.489 e. The number of amides is 1. The second-order valence-electron chi connectivity index (χ2n) is 13.3. The van der Waals surface area contributed by atoms with Gasteiger partial charge in [-0.3, -0.25) is 4.79 Å². The molecule has 1 aliphatic heterocycles. The third kappa shape index (κ3) is 7.15. The van der Waals surface area contributed by atoms with Crippen LogP contribution in [0.1, 0.15) is 89.3 Å². The van der Waals surface area contributed by atoms with Crippen LogP contribution in [0.5, 0.6) is 5.75 Å². The normalized spacial score (nSPS) is 19.9. The molecule has 1 fully saturated rings. The first-order valence-electron chi connectivity index (χ1n) is 14.6. The van der Waals surface area contributed by atoms with Crippen LogP contribution in [0.2, 0.25) is 5.02 Å². The maximum absolute atomic E-state index is 13.5. The predicted octanol–water partition coefficient (Wildman–Crippen LogP) is 7.00. The molecule has 0 N–H and O–H groups in total. The molecule has 0 unspecified atom stereocenters. The van der Waals surface area contributed by atoms with E-state index in [0.717, 1.165) is 18.4 Å². The zero-order chi connectivity index (χ0) is 31.6. The molecule has 228 valence electrons. The maximum atomic E-state index is 13.5. The third-order valence-electron chi connectivity index (χ3n) is 7.88. The zero-order valence-corrected chi connectivity index (χ0v) is 26.8. The second-order valence-corrected chi connectivity index (χ2v) is 13.7. The summed E-state index contributed by atoms with van der Waals surface area (Å²) in [5.41, 5.74) is 1.39. The molecule has 2 aliphatic rings. The van der Waals surface area contributed by atoms with Gasteiger partial charge in [0.15, 0.2) is 0 Å². The number of hydrogen-bond acceptors (Lipinski definition) is 6. The van der Waals surface area contributed by atoms with Crippen LogP contribution in [0.3, 0.4) is 0 Å². The van der Waals surface area contributed by atoms with Gasteiger partial charge in [-0.05, 0) is 63.3 Å². The SMILES string of the molecule is [C-]#[N+]c1ccc(OC2C(C)(C)C(N3Cc4cc(C#CCCCCOCC(=O)OC(C)(C)C)ncc4C3=O)C2(C)C)cc1Cl. The minimum absolute atomic E-state index is 0.0255. The van der Waals surface area contributed by atoms with Crippen LogP contribution in [0.4, 0.5) is 5.69 Å². The lowest BCUT2D eigenvalue weighted by Crippen LogP contribution is -2.74. The van der Waals surface area contributed by atoms with E-state index in [4.69, 9.17) is 32.4 Å². The van der Waals surface area contributed by atoms with E-state index in [1.807, 2.05) is 31.7 Å². The summed E-state index contributed by atoms with van der Waals surface area (Å²) in [6, 6.07) is 6.97. The Bertz CT molecular complexity index is 1480. The number of nitrogens with zero attached hydrogens (tertiary/aromatic N) is 3. The van der Waals surface area contributed by atoms with Gasteiger partial charge in [0.2, 0.25) is 5.69 Å². The minimum atomic E-state index is -0.514. The molecule has 43 heavy (non-hydrogen) atoms. The first-order valence-corrected chi connectivity index (χ1v) is 14.9. The summed E-state index contributed by atoms with van der Waals surface area (Å²) in [6.45, 7) is 22.1. The van der Waals surface area contributed by atoms with Crippen molar-refractivity contribution in [2.45, 2.75) is 92.0 Å². The highest BCUT2D eigenvalue weighted by atomic mass is 35.5. The van der Waals surface area contributed by atoms with Crippen LogP contribution < -0.4 is 4.74 Å². The first-order chi connectivity index (χ1) is 20.1. The topological polar surface area (TPSA) is 82.3 Å². The van der Waals surface area contributed by atoms with E-state index in [2.05, 4.69) is 49.4 Å². The Kier molecular flexibility index (Phi) is 9.45. The van der Waals surface area contributed by atoms with Gasteiger partial charge in [-0.25, -0.2) is 14.6 Å². The van der Waals surface area contributed by atoms with Gasteiger partial charge in [-0.2, -0.15) is 0 Å². The summed E-state index contributed by atoms with van der Waals surface area (Å²) in [4.78, 5) is 35.0. The van der Waals surface area contributed by atoms with Gasteiger partial charge in [0.1, 0.15) is 29.8 Å². The second kappa shape index (κ2) is 12.6. The zero-order valence-electron chi connectivity index (χ0n) is 26.0. The Morgan fingerprint density at radius 2 is 1.91 bits per heavy atom. The predicted molar refractivity (Wildman–Crippen MR) is 165 cm³/mol. The molecule has 0 atom stereocenters. The van der Waals surface area contributed by atoms with Gasteiger partial charge < -0.3 is 19.1 Å². The van der Waals surface area contributed by atoms with Gasteiger partial charge in [-0.15, -0.1) is 0 Å². The Morgan fingerprint density at radius 3 is 2.56 bits per heavy atom. The number of carbonyl (C=O) groups excluding carboxylic acids is 2. The average molecular weight is 606 g/mol. The highest BCUT2D eigenvalue weighted by molar-refractivity contribution is 6.33. The molecular formula is C34H40ClN3O5. The molecule has 0 saturated heterocycles. The monoisotopic (exact) mass is 605 g/mol. The molecule has 1 aliphatic carbocycles. The number of halogens is 1. The molecule has 0 bridgehead atoms. The Labute approximate surface area is 259 Å². The number of carbonyl (C=O) groups is 2. The summed E-state index contributed by atoms with van der Waals surface area (Å²) in [5, 5.41) is 0.361. The van der Waals surface area contributed by atoms with Crippen LogP contribution in [0.25, 0.3) is 4.85 Å². The first kappa shape index (κ1) is 32.3. The molecule has 1 aromatic heterocycles. The summed E-state index contributed by atoms with van der Waals surface area (Å²) in [6.07, 6.45) is 3.77. The van der Waals surface area contributed by atoms with Crippen LogP contribution in [0, 0.1) is 29.2 Å². The number of pyridine rings is 1. The molecule has 1 aromatic carbocycles. The van der Waals surface area contributed by atoms with Crippen molar-refractivity contribution in [2.75, 3.05) is 13.2 Å². The number of hydrogen-bond donors (Lipinski definition) is 0. The lowest BCUT2D eigenvalue weighted by molar-refractivity contribution is -0.199. The number of esters is 1. The molecule has 2 aromatic rings. The van der Waals surface area contributed by atoms with Crippen molar-refractivity contribution < 1.29 is 23.8 Å². The fourth-order valence-electron chi connectivity index (χ4n) is 6.61. The highest BCUT2D eigenvalue weighted by Crippen LogP contribution is 2.59. The molecule has 0 spiro atoms. The largest absolute Gasteiger partial charge is 0.489 e. The maximum Gasteiger partial charge on any atom is 0.332 e. The summed E-state index contributed by atoms with van der Waals surface area (Å²) < 4.78 is 17.0. The van der Waals surface area contributed by atoms with Gasteiger partial charge in [-0.1, -0.05) is 51.3 Å². The van der Waals surface area contributed by atoms with E-state index in [1.54, 1.807) is 24.4 Å². The summed E-state index contributed by atoms with van der Waals surface area (Å²) >= 11 is 6.24. The van der Waals surface area contributed by atoms with Gasteiger partial charge in [0, 0.05) is 42.6 Å². The number of ether oxygens (including phenoxy) is 3. The number of benzene rings is 1. The smallest absolute Gasteiger partial charge is 0.332 e. The highest BCUT2D eigenvalue weighted by Gasteiger charge is 2.67. The molecule has 2 heterocycles. The van der Waals surface area contributed by atoms with Crippen molar-refractivity contribution in [1.82, 2.24) is 9.88 Å². The van der Waals surface area contributed by atoms with Crippen molar-refractivity contribution in [3.8, 4) is 17.6 Å². The van der Waals surface area contributed by atoms with Crippen LogP contribution in [-0.2, 0) is 20.8 Å². The molecule has 8 nitrogen and oxygen atoms in total. The van der Waals surface area contributed by atoms with E-state index >= 15 is 0 Å². The Morgan fingerprint density at radius 1 is 1.19 bits per heavy atom. The molecule has 1 saturated carbocycles. The van der Waals surface area contributed by atoms with Crippen molar-refractivity contribution in [2.24, 2.45) is 10.8 Å². The third-order valence-corrected chi connectivity index (χ3v) is 8.19. The van der Waals surface area contributed by atoms with Crippen molar-refractivity contribution >= 4 is 29.2 Å². The summed E-state index contributed by atoms with van der Waals surface area (Å²) in [5.74, 6) is 6.50. The lowest BCUT2D eigenvalue weighted by atomic mass is 9.49. The van der Waals surface area contributed by atoms with Crippen molar-refractivity contribution in [3.63, 3.8) is 0 Å². The Balaban J connectivity index is 1.31. The van der Waals surface area contributed by atoms with E-state index in [0.29, 0.717) is 47.3 Å². The number of unbranched alkanes of at least 4 members (excludes halogenated alkanes) is 2. The van der Waals surface area contributed by atoms with Gasteiger partial charge in [0.05, 0.1) is 17.2 Å².